The number of nitrogens with zero attached hydrogens (tertiary/aromatic N) is 3. The van der Waals surface area contributed by atoms with E-state index in [0.29, 0.717) is 17.9 Å². The van der Waals surface area contributed by atoms with Crippen LogP contribution in [0, 0.1) is 0 Å². The zero-order valence-electron chi connectivity index (χ0n) is 11.9. The summed E-state index contributed by atoms with van der Waals surface area (Å²) in [5.74, 6) is -0.482. The highest BCUT2D eigenvalue weighted by atomic mass is 32.2. The smallest absolute Gasteiger partial charge is 0.325 e. The minimum Gasteiger partial charge on any atom is -0.480 e. The van der Waals surface area contributed by atoms with Gasteiger partial charge in [0.25, 0.3) is 0 Å². The Hall–Kier alpha value is -1.97. The van der Waals surface area contributed by atoms with E-state index in [0.717, 1.165) is 0 Å². The van der Waals surface area contributed by atoms with Gasteiger partial charge in [-0.3, -0.25) is 9.00 Å². The number of hydrogen-bond acceptors (Lipinski definition) is 5. The van der Waals surface area contributed by atoms with Crippen molar-refractivity contribution in [1.82, 2.24) is 25.6 Å². The second kappa shape index (κ2) is 8.35. The van der Waals surface area contributed by atoms with Crippen LogP contribution in [0.15, 0.2) is 6.20 Å². The Balaban J connectivity index is 2.30. The highest BCUT2D eigenvalue weighted by Gasteiger charge is 2.09. The first-order valence-corrected chi connectivity index (χ1v) is 8.04. The molecule has 0 aliphatic carbocycles. The molecule has 0 fully saturated rings. The third-order valence-electron chi connectivity index (χ3n) is 2.53. The van der Waals surface area contributed by atoms with Crippen LogP contribution in [0.3, 0.4) is 0 Å². The molecule has 0 aliphatic rings. The van der Waals surface area contributed by atoms with Crippen LogP contribution in [0.2, 0.25) is 0 Å². The van der Waals surface area contributed by atoms with Gasteiger partial charge < -0.3 is 15.7 Å². The van der Waals surface area contributed by atoms with Crippen molar-refractivity contribution in [2.75, 3.05) is 12.0 Å². The van der Waals surface area contributed by atoms with Crippen molar-refractivity contribution < 1.29 is 18.9 Å². The van der Waals surface area contributed by atoms with E-state index in [2.05, 4.69) is 20.9 Å². The molecule has 1 heterocycles. The van der Waals surface area contributed by atoms with Gasteiger partial charge in [-0.2, -0.15) is 0 Å². The summed E-state index contributed by atoms with van der Waals surface area (Å²) in [6.45, 7) is 1.71. The number of carbonyl (C=O) groups excluding carboxylic acids is 1. The monoisotopic (exact) mass is 317 g/mol. The van der Waals surface area contributed by atoms with Gasteiger partial charge in [-0.1, -0.05) is 5.21 Å². The van der Waals surface area contributed by atoms with Crippen molar-refractivity contribution in [3.05, 3.63) is 11.9 Å². The predicted octanol–water partition coefficient (Wildman–Crippen LogP) is -0.681. The predicted molar refractivity (Wildman–Crippen MR) is 76.0 cm³/mol. The lowest BCUT2D eigenvalue weighted by Gasteiger charge is -2.13. The highest BCUT2D eigenvalue weighted by Crippen LogP contribution is 1.95. The molecule has 3 N–H and O–H groups in total. The summed E-state index contributed by atoms with van der Waals surface area (Å²) >= 11 is 0. The first-order valence-electron chi connectivity index (χ1n) is 6.32. The van der Waals surface area contributed by atoms with Crippen molar-refractivity contribution in [2.45, 2.75) is 32.5 Å². The fraction of sp³-hybridized carbons (Fsp3) is 0.636. The maximum Gasteiger partial charge on any atom is 0.325 e. The van der Waals surface area contributed by atoms with Crippen LogP contribution in [0.25, 0.3) is 0 Å². The van der Waals surface area contributed by atoms with Gasteiger partial charge in [0.05, 0.1) is 12.7 Å². The van der Waals surface area contributed by atoms with E-state index in [1.165, 1.54) is 10.9 Å². The Morgan fingerprint density at radius 3 is 2.86 bits per heavy atom. The molecule has 0 aromatic carbocycles. The van der Waals surface area contributed by atoms with E-state index in [1.807, 2.05) is 6.92 Å². The number of rotatable bonds is 8. The maximum atomic E-state index is 11.6. The summed E-state index contributed by atoms with van der Waals surface area (Å²) < 4.78 is 12.1. The second-order valence-electron chi connectivity index (χ2n) is 4.60. The molecule has 0 bridgehead atoms. The summed E-state index contributed by atoms with van der Waals surface area (Å²) in [6, 6.07) is -0.450. The summed E-state index contributed by atoms with van der Waals surface area (Å²) in [6.07, 6.45) is 3.70. The Kier molecular flexibility index (Phi) is 6.79. The number of amides is 2. The fourth-order valence-electron chi connectivity index (χ4n) is 1.50. The highest BCUT2D eigenvalue weighted by molar-refractivity contribution is 7.84. The number of aromatic nitrogens is 3. The average molecular weight is 317 g/mol. The van der Waals surface area contributed by atoms with E-state index >= 15 is 0 Å². The molecule has 1 aromatic heterocycles. The number of carboxylic acids is 1. The molecule has 2 amide bonds. The molecule has 0 aliphatic heterocycles. The molecule has 0 spiro atoms. The molecule has 118 valence electrons. The lowest BCUT2D eigenvalue weighted by atomic mass is 10.3. The molecule has 1 rings (SSSR count). The molecular weight excluding hydrogens is 298 g/mol. The molecule has 2 unspecified atom stereocenters. The SMILES string of the molecule is CC(CCS(C)=O)NC(=O)NCc1cn(CC(=O)O)nn1. The van der Waals surface area contributed by atoms with Gasteiger partial charge in [-0.15, -0.1) is 5.10 Å². The maximum absolute atomic E-state index is 11.6. The Morgan fingerprint density at radius 1 is 1.52 bits per heavy atom. The van der Waals surface area contributed by atoms with Gasteiger partial charge in [0.1, 0.15) is 12.2 Å². The number of hydrogen-bond donors (Lipinski definition) is 3. The van der Waals surface area contributed by atoms with Crippen LogP contribution in [0.4, 0.5) is 4.79 Å². The van der Waals surface area contributed by atoms with Crippen LogP contribution in [-0.4, -0.2) is 54.4 Å². The minimum atomic E-state index is -1.01. The van der Waals surface area contributed by atoms with Crippen LogP contribution in [0.5, 0.6) is 0 Å². The molecule has 9 nitrogen and oxygen atoms in total. The van der Waals surface area contributed by atoms with Crippen molar-refractivity contribution in [3.63, 3.8) is 0 Å². The number of nitrogens with one attached hydrogen (secondary N) is 2. The molecule has 1 aromatic rings. The minimum absolute atomic E-state index is 0.0865. The largest absolute Gasteiger partial charge is 0.480 e. The first kappa shape index (κ1) is 17.1. The Morgan fingerprint density at radius 2 is 2.24 bits per heavy atom. The Labute approximate surface area is 124 Å². The quantitative estimate of drug-likeness (QED) is 0.583. The zero-order chi connectivity index (χ0) is 15.8. The summed E-state index contributed by atoms with van der Waals surface area (Å²) in [4.78, 5) is 22.1. The van der Waals surface area contributed by atoms with E-state index in [4.69, 9.17) is 5.11 Å². The third-order valence-corrected chi connectivity index (χ3v) is 3.34. The normalized spacial score (nSPS) is 13.4. The molecule has 0 radical (unpaired) electrons. The lowest BCUT2D eigenvalue weighted by Crippen LogP contribution is -2.41. The topological polar surface area (TPSA) is 126 Å². The molecular formula is C11H19N5O4S. The molecule has 0 saturated heterocycles. The van der Waals surface area contributed by atoms with Gasteiger partial charge >= 0.3 is 12.0 Å². The van der Waals surface area contributed by atoms with Gasteiger partial charge in [0.15, 0.2) is 0 Å². The van der Waals surface area contributed by atoms with Crippen molar-refractivity contribution in [3.8, 4) is 0 Å². The average Bonchev–Trinajstić information content (AvgIpc) is 2.80. The van der Waals surface area contributed by atoms with Crippen LogP contribution in [0.1, 0.15) is 19.0 Å². The van der Waals surface area contributed by atoms with E-state index in [9.17, 15) is 13.8 Å². The summed E-state index contributed by atoms with van der Waals surface area (Å²) in [7, 11) is -0.877. The Bertz CT molecular complexity index is 518. The van der Waals surface area contributed by atoms with Crippen LogP contribution in [-0.2, 0) is 28.7 Å². The van der Waals surface area contributed by atoms with E-state index in [1.54, 1.807) is 6.26 Å². The van der Waals surface area contributed by atoms with Gasteiger partial charge in [0.2, 0.25) is 0 Å². The summed E-state index contributed by atoms with van der Waals surface area (Å²) in [5.41, 5.74) is 0.466. The van der Waals surface area contributed by atoms with Crippen LogP contribution < -0.4 is 10.6 Å². The molecule has 10 heteroatoms. The van der Waals surface area contributed by atoms with Gasteiger partial charge in [0, 0.05) is 28.9 Å². The van der Waals surface area contributed by atoms with Crippen molar-refractivity contribution >= 4 is 22.8 Å². The van der Waals surface area contributed by atoms with Crippen molar-refractivity contribution in [1.29, 1.82) is 0 Å². The lowest BCUT2D eigenvalue weighted by molar-refractivity contribution is -0.137. The fourth-order valence-corrected chi connectivity index (χ4v) is 2.18. The molecule has 0 saturated carbocycles. The second-order valence-corrected chi connectivity index (χ2v) is 6.15. The number of aliphatic carboxylic acids is 1. The third kappa shape index (κ3) is 7.40. The number of carbonyl (C=O) groups is 2. The number of urea groups is 1. The van der Waals surface area contributed by atoms with Gasteiger partial charge in [-0.05, 0) is 13.3 Å². The van der Waals surface area contributed by atoms with Crippen molar-refractivity contribution in [2.24, 2.45) is 0 Å². The molecule has 21 heavy (non-hydrogen) atoms. The first-order chi connectivity index (χ1) is 9.86. The van der Waals surface area contributed by atoms with Crippen LogP contribution >= 0.6 is 0 Å². The standard InChI is InChI=1S/C11H19N5O4S/c1-8(3-4-21(2)20)13-11(19)12-5-9-6-16(15-14-9)7-10(17)18/h6,8H,3-5,7H2,1-2H3,(H,17,18)(H2,12,13,19). The van der Waals surface area contributed by atoms with E-state index < -0.39 is 16.8 Å². The zero-order valence-corrected chi connectivity index (χ0v) is 12.7. The summed E-state index contributed by atoms with van der Waals surface area (Å²) in [5, 5.41) is 21.3. The van der Waals surface area contributed by atoms with E-state index in [-0.39, 0.29) is 25.2 Å². The van der Waals surface area contributed by atoms with Gasteiger partial charge in [-0.25, -0.2) is 9.48 Å². The molecule has 2 atom stereocenters. The number of carboxylic acid groups (broad SMARTS) is 1.